The molecule has 1 aromatic rings. The van der Waals surface area contributed by atoms with Gasteiger partial charge >= 0.3 is 0 Å². The van der Waals surface area contributed by atoms with Crippen molar-refractivity contribution in [3.05, 3.63) is 35.4 Å². The van der Waals surface area contributed by atoms with Gasteiger partial charge in [-0.15, -0.1) is 0 Å². The van der Waals surface area contributed by atoms with Gasteiger partial charge in [0, 0.05) is 7.11 Å². The van der Waals surface area contributed by atoms with Crippen molar-refractivity contribution in [3.8, 4) is 0 Å². The largest absolute Gasteiger partial charge is 0.376 e. The highest BCUT2D eigenvalue weighted by Crippen LogP contribution is 2.41. The SMILES string of the molecule is COC1(C(N)c2ccc(C(C)C)cc2)CCCC1. The molecule has 1 saturated carbocycles. The summed E-state index contributed by atoms with van der Waals surface area (Å²) in [6.07, 6.45) is 4.62. The Bertz CT molecular complexity index is 377. The fourth-order valence-electron chi connectivity index (χ4n) is 3.01. The van der Waals surface area contributed by atoms with Crippen LogP contribution in [-0.2, 0) is 4.74 Å². The molecule has 1 aliphatic rings. The zero-order valence-corrected chi connectivity index (χ0v) is 11.8. The Morgan fingerprint density at radius 2 is 1.56 bits per heavy atom. The van der Waals surface area contributed by atoms with Crippen molar-refractivity contribution >= 4 is 0 Å². The van der Waals surface area contributed by atoms with Gasteiger partial charge in [0.2, 0.25) is 0 Å². The molecule has 0 heterocycles. The minimum atomic E-state index is -0.140. The standard InChI is InChI=1S/C16H25NO/c1-12(2)13-6-8-14(9-7-13)15(17)16(18-3)10-4-5-11-16/h6-9,12,15H,4-5,10-11,17H2,1-3H3. The lowest BCUT2D eigenvalue weighted by molar-refractivity contribution is -0.0264. The van der Waals surface area contributed by atoms with E-state index in [1.54, 1.807) is 7.11 Å². The minimum Gasteiger partial charge on any atom is -0.376 e. The van der Waals surface area contributed by atoms with Gasteiger partial charge in [-0.1, -0.05) is 51.0 Å². The molecule has 2 heteroatoms. The van der Waals surface area contributed by atoms with Crippen LogP contribution in [-0.4, -0.2) is 12.7 Å². The van der Waals surface area contributed by atoms with Crippen LogP contribution in [0, 0.1) is 0 Å². The Kier molecular flexibility index (Phi) is 4.08. The van der Waals surface area contributed by atoms with Crippen molar-refractivity contribution in [1.29, 1.82) is 0 Å². The highest BCUT2D eigenvalue weighted by atomic mass is 16.5. The molecule has 2 nitrogen and oxygen atoms in total. The number of ether oxygens (including phenoxy) is 1. The summed E-state index contributed by atoms with van der Waals surface area (Å²) < 4.78 is 5.77. The number of hydrogen-bond acceptors (Lipinski definition) is 2. The van der Waals surface area contributed by atoms with E-state index in [2.05, 4.69) is 38.1 Å². The summed E-state index contributed by atoms with van der Waals surface area (Å²) in [7, 11) is 1.80. The summed E-state index contributed by atoms with van der Waals surface area (Å²) in [4.78, 5) is 0. The van der Waals surface area contributed by atoms with Crippen LogP contribution in [0.25, 0.3) is 0 Å². The van der Waals surface area contributed by atoms with E-state index in [0.29, 0.717) is 5.92 Å². The molecule has 0 amide bonds. The van der Waals surface area contributed by atoms with Crippen LogP contribution in [0.5, 0.6) is 0 Å². The first-order valence-electron chi connectivity index (χ1n) is 6.99. The molecule has 2 N–H and O–H groups in total. The molecule has 0 radical (unpaired) electrons. The molecule has 1 unspecified atom stereocenters. The van der Waals surface area contributed by atoms with Crippen LogP contribution >= 0.6 is 0 Å². The molecule has 0 aliphatic heterocycles. The normalized spacial score (nSPS) is 20.3. The fourth-order valence-corrected chi connectivity index (χ4v) is 3.01. The van der Waals surface area contributed by atoms with Gasteiger partial charge in [-0.3, -0.25) is 0 Å². The molecular weight excluding hydrogens is 222 g/mol. The van der Waals surface area contributed by atoms with Crippen LogP contribution in [0.2, 0.25) is 0 Å². The Labute approximate surface area is 111 Å². The molecule has 0 saturated heterocycles. The second kappa shape index (κ2) is 5.41. The average Bonchev–Trinajstić information content (AvgIpc) is 2.88. The van der Waals surface area contributed by atoms with Crippen molar-refractivity contribution in [2.75, 3.05) is 7.11 Å². The minimum absolute atomic E-state index is 0.00814. The molecular formula is C16H25NO. The van der Waals surface area contributed by atoms with E-state index in [4.69, 9.17) is 10.5 Å². The molecule has 0 bridgehead atoms. The number of nitrogens with two attached hydrogens (primary N) is 1. The molecule has 1 aromatic carbocycles. The summed E-state index contributed by atoms with van der Waals surface area (Å²) in [6, 6.07) is 8.71. The van der Waals surface area contributed by atoms with Gasteiger partial charge in [0.25, 0.3) is 0 Å². The molecule has 100 valence electrons. The number of rotatable bonds is 4. The van der Waals surface area contributed by atoms with E-state index in [9.17, 15) is 0 Å². The Balaban J connectivity index is 2.20. The van der Waals surface area contributed by atoms with Crippen molar-refractivity contribution in [2.45, 2.75) is 57.1 Å². The number of methoxy groups -OCH3 is 1. The van der Waals surface area contributed by atoms with Crippen molar-refractivity contribution < 1.29 is 4.74 Å². The summed E-state index contributed by atoms with van der Waals surface area (Å²) >= 11 is 0. The van der Waals surface area contributed by atoms with E-state index in [-0.39, 0.29) is 11.6 Å². The third kappa shape index (κ3) is 2.45. The Hall–Kier alpha value is -0.860. The lowest BCUT2D eigenvalue weighted by atomic mass is 9.86. The molecule has 0 aromatic heterocycles. The van der Waals surface area contributed by atoms with E-state index >= 15 is 0 Å². The smallest absolute Gasteiger partial charge is 0.0870 e. The van der Waals surface area contributed by atoms with Gasteiger partial charge in [0.1, 0.15) is 0 Å². The zero-order chi connectivity index (χ0) is 13.2. The van der Waals surface area contributed by atoms with Gasteiger partial charge < -0.3 is 10.5 Å². The van der Waals surface area contributed by atoms with E-state index in [1.165, 1.54) is 24.0 Å². The topological polar surface area (TPSA) is 35.2 Å². The molecule has 1 aliphatic carbocycles. The lowest BCUT2D eigenvalue weighted by Gasteiger charge is -2.34. The van der Waals surface area contributed by atoms with Gasteiger partial charge in [0.15, 0.2) is 0 Å². The summed E-state index contributed by atoms with van der Waals surface area (Å²) in [5.41, 5.74) is 8.87. The predicted molar refractivity (Wildman–Crippen MR) is 75.7 cm³/mol. The van der Waals surface area contributed by atoms with Crippen LogP contribution in [0.15, 0.2) is 24.3 Å². The van der Waals surface area contributed by atoms with E-state index in [1.807, 2.05) is 0 Å². The van der Waals surface area contributed by atoms with Crippen LogP contribution in [0.1, 0.15) is 62.6 Å². The third-order valence-corrected chi connectivity index (χ3v) is 4.39. The molecule has 1 fully saturated rings. The van der Waals surface area contributed by atoms with Gasteiger partial charge in [-0.25, -0.2) is 0 Å². The van der Waals surface area contributed by atoms with Crippen LogP contribution < -0.4 is 5.73 Å². The van der Waals surface area contributed by atoms with Crippen molar-refractivity contribution in [3.63, 3.8) is 0 Å². The van der Waals surface area contributed by atoms with Gasteiger partial charge in [0.05, 0.1) is 11.6 Å². The highest BCUT2D eigenvalue weighted by Gasteiger charge is 2.40. The van der Waals surface area contributed by atoms with Gasteiger partial charge in [-0.05, 0) is 29.9 Å². The maximum Gasteiger partial charge on any atom is 0.0870 e. The molecule has 1 atom stereocenters. The third-order valence-electron chi connectivity index (χ3n) is 4.39. The van der Waals surface area contributed by atoms with Gasteiger partial charge in [-0.2, -0.15) is 0 Å². The lowest BCUT2D eigenvalue weighted by Crippen LogP contribution is -2.40. The zero-order valence-electron chi connectivity index (χ0n) is 11.8. The number of benzene rings is 1. The van der Waals surface area contributed by atoms with Crippen LogP contribution in [0.3, 0.4) is 0 Å². The van der Waals surface area contributed by atoms with E-state index < -0.39 is 0 Å². The van der Waals surface area contributed by atoms with Crippen LogP contribution in [0.4, 0.5) is 0 Å². The second-order valence-electron chi connectivity index (χ2n) is 5.78. The maximum atomic E-state index is 6.45. The molecule has 0 spiro atoms. The van der Waals surface area contributed by atoms with Crippen molar-refractivity contribution in [2.24, 2.45) is 5.73 Å². The average molecular weight is 247 g/mol. The van der Waals surface area contributed by atoms with Crippen molar-refractivity contribution in [1.82, 2.24) is 0 Å². The molecule has 2 rings (SSSR count). The first-order valence-corrected chi connectivity index (χ1v) is 6.99. The first-order chi connectivity index (χ1) is 8.59. The maximum absolute atomic E-state index is 6.45. The summed E-state index contributed by atoms with van der Waals surface area (Å²) in [5, 5.41) is 0. The predicted octanol–water partition coefficient (Wildman–Crippen LogP) is 3.77. The highest BCUT2D eigenvalue weighted by molar-refractivity contribution is 5.28. The molecule has 18 heavy (non-hydrogen) atoms. The second-order valence-corrected chi connectivity index (χ2v) is 5.78. The quantitative estimate of drug-likeness (QED) is 0.879. The monoisotopic (exact) mass is 247 g/mol. The van der Waals surface area contributed by atoms with E-state index in [0.717, 1.165) is 12.8 Å². The first kappa shape index (κ1) is 13.6. The summed E-state index contributed by atoms with van der Waals surface area (Å²) in [6.45, 7) is 4.42. The summed E-state index contributed by atoms with van der Waals surface area (Å²) in [5.74, 6) is 0.568. The Morgan fingerprint density at radius 3 is 2.00 bits per heavy atom. The number of hydrogen-bond donors (Lipinski definition) is 1. The Morgan fingerprint density at radius 1 is 1.06 bits per heavy atom. The fraction of sp³-hybridized carbons (Fsp3) is 0.625.